The smallest absolute Gasteiger partial charge is 0.119 e. The van der Waals surface area contributed by atoms with Crippen LogP contribution in [0.1, 0.15) is 37.0 Å². The van der Waals surface area contributed by atoms with Gasteiger partial charge in [-0.3, -0.25) is 0 Å². The second kappa shape index (κ2) is 4.46. The van der Waals surface area contributed by atoms with E-state index in [-0.39, 0.29) is 6.10 Å². The van der Waals surface area contributed by atoms with Crippen LogP contribution in [0.5, 0.6) is 5.75 Å². The van der Waals surface area contributed by atoms with Crippen LogP contribution in [0.4, 0.5) is 0 Å². The number of rotatable bonds is 4. The molecule has 0 saturated heterocycles. The van der Waals surface area contributed by atoms with Gasteiger partial charge < -0.3 is 9.84 Å². The van der Waals surface area contributed by atoms with Crippen molar-refractivity contribution in [2.24, 2.45) is 11.8 Å². The van der Waals surface area contributed by atoms with E-state index in [0.29, 0.717) is 5.92 Å². The highest BCUT2D eigenvalue weighted by atomic mass is 16.5. The van der Waals surface area contributed by atoms with E-state index < -0.39 is 0 Å². The van der Waals surface area contributed by atoms with Crippen molar-refractivity contribution in [1.82, 2.24) is 0 Å². The van der Waals surface area contributed by atoms with Crippen LogP contribution in [0.3, 0.4) is 0 Å². The molecule has 0 bridgehead atoms. The standard InChI is InChI=1S/C14H20O2/c1-9-8-12(16-3)6-7-13(9)14(15)10(2)11-4-5-11/h6-8,10-11,14-15H,4-5H2,1-3H3. The molecule has 0 radical (unpaired) electrons. The molecule has 0 aromatic heterocycles. The van der Waals surface area contributed by atoms with Gasteiger partial charge in [-0.2, -0.15) is 0 Å². The van der Waals surface area contributed by atoms with E-state index in [1.54, 1.807) is 7.11 Å². The Bertz CT molecular complexity index is 369. The van der Waals surface area contributed by atoms with Gasteiger partial charge in [-0.05, 0) is 54.9 Å². The largest absolute Gasteiger partial charge is 0.497 e. The minimum absolute atomic E-state index is 0.335. The van der Waals surface area contributed by atoms with Crippen LogP contribution in [0, 0.1) is 18.8 Å². The van der Waals surface area contributed by atoms with E-state index in [1.165, 1.54) is 12.8 Å². The first-order chi connectivity index (χ1) is 7.63. The zero-order valence-corrected chi connectivity index (χ0v) is 10.2. The molecule has 88 valence electrons. The molecule has 0 amide bonds. The maximum Gasteiger partial charge on any atom is 0.119 e. The molecular formula is C14H20O2. The van der Waals surface area contributed by atoms with Crippen molar-refractivity contribution in [2.75, 3.05) is 7.11 Å². The molecule has 1 aromatic rings. The van der Waals surface area contributed by atoms with Gasteiger partial charge in [0.1, 0.15) is 5.75 Å². The summed E-state index contributed by atoms with van der Waals surface area (Å²) in [6.07, 6.45) is 2.21. The van der Waals surface area contributed by atoms with Gasteiger partial charge in [-0.15, -0.1) is 0 Å². The Morgan fingerprint density at radius 3 is 2.56 bits per heavy atom. The van der Waals surface area contributed by atoms with Crippen molar-refractivity contribution >= 4 is 0 Å². The molecule has 2 unspecified atom stereocenters. The SMILES string of the molecule is COc1ccc(C(O)C(C)C2CC2)c(C)c1. The summed E-state index contributed by atoms with van der Waals surface area (Å²) in [6, 6.07) is 5.89. The molecule has 0 aliphatic heterocycles. The van der Waals surface area contributed by atoms with Crippen LogP contribution < -0.4 is 4.74 Å². The highest BCUT2D eigenvalue weighted by molar-refractivity contribution is 5.36. The molecule has 1 aromatic carbocycles. The maximum absolute atomic E-state index is 10.3. The molecule has 16 heavy (non-hydrogen) atoms. The summed E-state index contributed by atoms with van der Waals surface area (Å²) in [5.41, 5.74) is 2.15. The van der Waals surface area contributed by atoms with Crippen LogP contribution in [-0.2, 0) is 0 Å². The summed E-state index contributed by atoms with van der Waals surface area (Å²) in [5.74, 6) is 1.94. The molecule has 2 rings (SSSR count). The van der Waals surface area contributed by atoms with E-state index in [0.717, 1.165) is 22.8 Å². The fraction of sp³-hybridized carbons (Fsp3) is 0.571. The lowest BCUT2D eigenvalue weighted by atomic mass is 9.91. The molecular weight excluding hydrogens is 200 g/mol. The number of aliphatic hydroxyl groups excluding tert-OH is 1. The molecule has 2 heteroatoms. The lowest BCUT2D eigenvalue weighted by Crippen LogP contribution is -2.12. The van der Waals surface area contributed by atoms with E-state index in [9.17, 15) is 5.11 Å². The molecule has 1 saturated carbocycles. The lowest BCUT2D eigenvalue weighted by molar-refractivity contribution is 0.105. The van der Waals surface area contributed by atoms with Gasteiger partial charge in [0, 0.05) is 0 Å². The minimum Gasteiger partial charge on any atom is -0.497 e. The van der Waals surface area contributed by atoms with Crippen LogP contribution in [0.2, 0.25) is 0 Å². The Hall–Kier alpha value is -1.02. The maximum atomic E-state index is 10.3. The molecule has 0 spiro atoms. The van der Waals surface area contributed by atoms with Gasteiger partial charge in [0.15, 0.2) is 0 Å². The second-order valence-corrected chi connectivity index (χ2v) is 4.86. The summed E-state index contributed by atoms with van der Waals surface area (Å²) >= 11 is 0. The Morgan fingerprint density at radius 2 is 2.06 bits per heavy atom. The third-order valence-electron chi connectivity index (χ3n) is 3.66. The fourth-order valence-corrected chi connectivity index (χ4v) is 2.27. The fourth-order valence-electron chi connectivity index (χ4n) is 2.27. The number of methoxy groups -OCH3 is 1. The molecule has 0 heterocycles. The molecule has 1 aliphatic rings. The lowest BCUT2D eigenvalue weighted by Gasteiger charge is -2.20. The second-order valence-electron chi connectivity index (χ2n) is 4.86. The molecule has 1 N–H and O–H groups in total. The monoisotopic (exact) mass is 220 g/mol. The number of hydrogen-bond donors (Lipinski definition) is 1. The highest BCUT2D eigenvalue weighted by Crippen LogP contribution is 2.43. The average molecular weight is 220 g/mol. The first-order valence-electron chi connectivity index (χ1n) is 5.96. The predicted molar refractivity (Wildman–Crippen MR) is 64.6 cm³/mol. The molecule has 1 aliphatic carbocycles. The van der Waals surface area contributed by atoms with Crippen molar-refractivity contribution in [3.05, 3.63) is 29.3 Å². The third kappa shape index (κ3) is 2.22. The van der Waals surface area contributed by atoms with Crippen LogP contribution in [-0.4, -0.2) is 12.2 Å². The summed E-state index contributed by atoms with van der Waals surface area (Å²) < 4.78 is 5.17. The zero-order chi connectivity index (χ0) is 11.7. The Kier molecular flexibility index (Phi) is 3.20. The van der Waals surface area contributed by atoms with E-state index in [1.807, 2.05) is 25.1 Å². The van der Waals surface area contributed by atoms with Gasteiger partial charge in [0.25, 0.3) is 0 Å². The van der Waals surface area contributed by atoms with E-state index in [4.69, 9.17) is 4.74 Å². The zero-order valence-electron chi connectivity index (χ0n) is 10.2. The van der Waals surface area contributed by atoms with Crippen LogP contribution in [0.15, 0.2) is 18.2 Å². The third-order valence-corrected chi connectivity index (χ3v) is 3.66. The number of aryl methyl sites for hydroxylation is 1. The van der Waals surface area contributed by atoms with Crippen molar-refractivity contribution < 1.29 is 9.84 Å². The molecule has 2 nitrogen and oxygen atoms in total. The average Bonchev–Trinajstić information content (AvgIpc) is 3.10. The number of aliphatic hydroxyl groups is 1. The molecule has 2 atom stereocenters. The van der Waals surface area contributed by atoms with E-state index in [2.05, 4.69) is 6.92 Å². The van der Waals surface area contributed by atoms with Gasteiger partial charge >= 0.3 is 0 Å². The van der Waals surface area contributed by atoms with Crippen molar-refractivity contribution in [1.29, 1.82) is 0 Å². The normalized spacial score (nSPS) is 19.2. The van der Waals surface area contributed by atoms with Gasteiger partial charge in [0.05, 0.1) is 13.2 Å². The number of hydrogen-bond acceptors (Lipinski definition) is 2. The first kappa shape index (κ1) is 11.5. The Morgan fingerprint density at radius 1 is 1.38 bits per heavy atom. The van der Waals surface area contributed by atoms with Crippen LogP contribution in [0.25, 0.3) is 0 Å². The van der Waals surface area contributed by atoms with Crippen molar-refractivity contribution in [3.63, 3.8) is 0 Å². The van der Waals surface area contributed by atoms with Crippen molar-refractivity contribution in [2.45, 2.75) is 32.8 Å². The summed E-state index contributed by atoms with van der Waals surface area (Å²) in [4.78, 5) is 0. The van der Waals surface area contributed by atoms with E-state index >= 15 is 0 Å². The Balaban J connectivity index is 2.18. The minimum atomic E-state index is -0.335. The molecule has 1 fully saturated rings. The van der Waals surface area contributed by atoms with Gasteiger partial charge in [0.2, 0.25) is 0 Å². The first-order valence-corrected chi connectivity index (χ1v) is 5.96. The van der Waals surface area contributed by atoms with Crippen molar-refractivity contribution in [3.8, 4) is 5.75 Å². The number of ether oxygens (including phenoxy) is 1. The van der Waals surface area contributed by atoms with Crippen LogP contribution >= 0.6 is 0 Å². The topological polar surface area (TPSA) is 29.5 Å². The Labute approximate surface area is 97.3 Å². The number of benzene rings is 1. The van der Waals surface area contributed by atoms with Gasteiger partial charge in [-0.1, -0.05) is 13.0 Å². The summed E-state index contributed by atoms with van der Waals surface area (Å²) in [7, 11) is 1.66. The predicted octanol–water partition coefficient (Wildman–Crippen LogP) is 3.08. The quantitative estimate of drug-likeness (QED) is 0.845. The summed E-state index contributed by atoms with van der Waals surface area (Å²) in [6.45, 7) is 4.17. The van der Waals surface area contributed by atoms with Gasteiger partial charge in [-0.25, -0.2) is 0 Å². The summed E-state index contributed by atoms with van der Waals surface area (Å²) in [5, 5.41) is 10.3. The highest BCUT2D eigenvalue weighted by Gasteiger charge is 2.33.